The van der Waals surface area contributed by atoms with E-state index in [0.29, 0.717) is 29.0 Å². The number of nitrogens with two attached hydrogens (primary N) is 2. The highest BCUT2D eigenvalue weighted by Crippen LogP contribution is 2.22. The van der Waals surface area contributed by atoms with Crippen molar-refractivity contribution >= 4 is 11.7 Å². The number of oxime groups is 2. The Bertz CT molecular complexity index is 944. The molecule has 0 unspecified atom stereocenters. The average Bonchev–Trinajstić information content (AvgIpc) is 3.16. The number of hydrogen-bond donors (Lipinski definition) is 4. The van der Waals surface area contributed by atoms with E-state index in [4.69, 9.17) is 26.3 Å². The maximum Gasteiger partial charge on any atom is 0.171 e. The monoisotopic (exact) mass is 351 g/mol. The van der Waals surface area contributed by atoms with E-state index in [1.165, 1.54) is 6.20 Å². The van der Waals surface area contributed by atoms with E-state index in [1.54, 1.807) is 24.3 Å². The van der Waals surface area contributed by atoms with E-state index < -0.39 is 0 Å². The van der Waals surface area contributed by atoms with E-state index >= 15 is 0 Å². The Hall–Kier alpha value is -3.81. The van der Waals surface area contributed by atoms with Crippen LogP contribution in [0.25, 0.3) is 11.5 Å². The first-order valence-corrected chi connectivity index (χ1v) is 7.70. The molecular formula is C18H17N5O3. The average molecular weight is 351 g/mol. The summed E-state index contributed by atoms with van der Waals surface area (Å²) in [5.74, 6) is 1.47. The van der Waals surface area contributed by atoms with Gasteiger partial charge >= 0.3 is 0 Å². The van der Waals surface area contributed by atoms with Gasteiger partial charge in [0, 0.05) is 23.7 Å². The lowest BCUT2D eigenvalue weighted by molar-refractivity contribution is 0.318. The van der Waals surface area contributed by atoms with Crippen LogP contribution in [-0.2, 0) is 6.42 Å². The largest absolute Gasteiger partial charge is 0.459 e. The fourth-order valence-corrected chi connectivity index (χ4v) is 2.41. The quantitative estimate of drug-likeness (QED) is 0.240. The van der Waals surface area contributed by atoms with Gasteiger partial charge in [0.25, 0.3) is 0 Å². The predicted octanol–water partition coefficient (Wildman–Crippen LogP) is 2.12. The summed E-state index contributed by atoms with van der Waals surface area (Å²) in [4.78, 5) is 4.26. The van der Waals surface area contributed by atoms with E-state index in [0.717, 1.165) is 11.3 Å². The van der Waals surface area contributed by atoms with Gasteiger partial charge in [-0.25, -0.2) is 0 Å². The van der Waals surface area contributed by atoms with Crippen LogP contribution in [0, 0.1) is 0 Å². The SMILES string of the molecule is N/C(=N\O)c1ccc(Cc2ccc(-c3ccc(/C(N)=N/O)cn3)o2)cc1. The van der Waals surface area contributed by atoms with Crippen LogP contribution in [0.3, 0.4) is 0 Å². The molecule has 0 fully saturated rings. The molecule has 2 heterocycles. The van der Waals surface area contributed by atoms with Gasteiger partial charge in [0.15, 0.2) is 17.4 Å². The third kappa shape index (κ3) is 3.64. The number of nitrogens with zero attached hydrogens (tertiary/aromatic N) is 3. The molecule has 3 aromatic rings. The zero-order chi connectivity index (χ0) is 18.5. The van der Waals surface area contributed by atoms with Crippen molar-refractivity contribution in [2.24, 2.45) is 21.8 Å². The molecule has 3 rings (SSSR count). The van der Waals surface area contributed by atoms with Gasteiger partial charge in [0.1, 0.15) is 11.5 Å². The maximum absolute atomic E-state index is 8.68. The van der Waals surface area contributed by atoms with Crippen molar-refractivity contribution in [2.75, 3.05) is 0 Å². The molecule has 8 nitrogen and oxygen atoms in total. The molecule has 1 aromatic carbocycles. The van der Waals surface area contributed by atoms with Gasteiger partial charge in [-0.2, -0.15) is 0 Å². The van der Waals surface area contributed by atoms with Crippen LogP contribution < -0.4 is 11.5 Å². The first-order valence-electron chi connectivity index (χ1n) is 7.70. The highest BCUT2D eigenvalue weighted by Gasteiger charge is 2.08. The summed E-state index contributed by atoms with van der Waals surface area (Å²) >= 11 is 0. The summed E-state index contributed by atoms with van der Waals surface area (Å²) in [5, 5.41) is 23.3. The number of rotatable bonds is 5. The normalized spacial score (nSPS) is 12.3. The Balaban J connectivity index is 1.73. The standard InChI is InChI=1S/C18H17N5O3/c19-17(22-24)12-3-1-11(2-4-12)9-14-6-8-16(26-14)15-7-5-13(10-21-15)18(20)23-25/h1-8,10,24-25H,9H2,(H2,19,22)(H2,20,23). The molecule has 0 radical (unpaired) electrons. The number of benzene rings is 1. The number of hydrogen-bond acceptors (Lipinski definition) is 6. The van der Waals surface area contributed by atoms with Gasteiger partial charge in [0.2, 0.25) is 0 Å². The molecule has 8 heteroatoms. The molecular weight excluding hydrogens is 334 g/mol. The zero-order valence-electron chi connectivity index (χ0n) is 13.7. The topological polar surface area (TPSA) is 143 Å². The minimum atomic E-state index is -0.000453. The molecule has 26 heavy (non-hydrogen) atoms. The van der Waals surface area contributed by atoms with Gasteiger partial charge < -0.3 is 26.3 Å². The van der Waals surface area contributed by atoms with Crippen molar-refractivity contribution in [3.05, 3.63) is 77.2 Å². The van der Waals surface area contributed by atoms with Gasteiger partial charge in [-0.15, -0.1) is 0 Å². The van der Waals surface area contributed by atoms with Crippen LogP contribution in [0.5, 0.6) is 0 Å². The van der Waals surface area contributed by atoms with Crippen LogP contribution in [-0.4, -0.2) is 27.1 Å². The summed E-state index contributed by atoms with van der Waals surface area (Å²) < 4.78 is 5.84. The third-order valence-electron chi connectivity index (χ3n) is 3.82. The van der Waals surface area contributed by atoms with Crippen LogP contribution in [0.15, 0.2) is 69.5 Å². The highest BCUT2D eigenvalue weighted by molar-refractivity contribution is 5.97. The fraction of sp³-hybridized carbons (Fsp3) is 0.0556. The Morgan fingerprint density at radius 3 is 2.15 bits per heavy atom. The molecule has 0 aliphatic carbocycles. The summed E-state index contributed by atoms with van der Waals surface area (Å²) in [7, 11) is 0. The molecule has 132 valence electrons. The highest BCUT2D eigenvalue weighted by atomic mass is 16.4. The first-order chi connectivity index (χ1) is 12.6. The molecule has 0 amide bonds. The Morgan fingerprint density at radius 1 is 0.885 bits per heavy atom. The number of furan rings is 1. The van der Waals surface area contributed by atoms with Crippen LogP contribution >= 0.6 is 0 Å². The van der Waals surface area contributed by atoms with Crippen molar-refractivity contribution in [3.63, 3.8) is 0 Å². The fourth-order valence-electron chi connectivity index (χ4n) is 2.41. The molecule has 0 bridgehead atoms. The molecule has 0 aliphatic heterocycles. The van der Waals surface area contributed by atoms with Crippen molar-refractivity contribution in [1.82, 2.24) is 4.98 Å². The molecule has 0 spiro atoms. The minimum Gasteiger partial charge on any atom is -0.459 e. The Labute approximate surface area is 149 Å². The second kappa shape index (κ2) is 7.39. The van der Waals surface area contributed by atoms with Gasteiger partial charge in [-0.1, -0.05) is 34.6 Å². The number of aromatic nitrogens is 1. The van der Waals surface area contributed by atoms with Crippen LogP contribution in [0.2, 0.25) is 0 Å². The van der Waals surface area contributed by atoms with Crippen molar-refractivity contribution in [2.45, 2.75) is 6.42 Å². The Morgan fingerprint density at radius 2 is 1.54 bits per heavy atom. The minimum absolute atomic E-state index is 0.000453. The van der Waals surface area contributed by atoms with Crippen molar-refractivity contribution < 1.29 is 14.8 Å². The molecule has 0 aliphatic rings. The third-order valence-corrected chi connectivity index (χ3v) is 3.82. The van der Waals surface area contributed by atoms with E-state index in [-0.39, 0.29) is 11.7 Å². The smallest absolute Gasteiger partial charge is 0.171 e. The predicted molar refractivity (Wildman–Crippen MR) is 96.2 cm³/mol. The van der Waals surface area contributed by atoms with Crippen LogP contribution in [0.4, 0.5) is 0 Å². The lowest BCUT2D eigenvalue weighted by atomic mass is 10.1. The van der Waals surface area contributed by atoms with E-state index in [2.05, 4.69) is 15.3 Å². The van der Waals surface area contributed by atoms with Crippen molar-refractivity contribution in [3.8, 4) is 11.5 Å². The van der Waals surface area contributed by atoms with Gasteiger partial charge in [-0.05, 0) is 29.8 Å². The Kier molecular flexibility index (Phi) is 4.84. The summed E-state index contributed by atoms with van der Waals surface area (Å²) in [6.45, 7) is 0. The zero-order valence-corrected chi connectivity index (χ0v) is 13.7. The molecule has 0 atom stereocenters. The number of pyridine rings is 1. The number of amidine groups is 2. The van der Waals surface area contributed by atoms with E-state index in [1.807, 2.05) is 24.3 Å². The second-order valence-electron chi connectivity index (χ2n) is 5.54. The lowest BCUT2D eigenvalue weighted by Gasteiger charge is -2.02. The van der Waals surface area contributed by atoms with E-state index in [9.17, 15) is 0 Å². The summed E-state index contributed by atoms with van der Waals surface area (Å²) in [6, 6.07) is 14.5. The summed E-state index contributed by atoms with van der Waals surface area (Å²) in [5.41, 5.74) is 13.9. The lowest BCUT2D eigenvalue weighted by Crippen LogP contribution is -2.13. The second-order valence-corrected chi connectivity index (χ2v) is 5.54. The van der Waals surface area contributed by atoms with Gasteiger partial charge in [-0.3, -0.25) is 4.98 Å². The molecule has 6 N–H and O–H groups in total. The molecule has 2 aromatic heterocycles. The van der Waals surface area contributed by atoms with Crippen molar-refractivity contribution in [1.29, 1.82) is 0 Å². The molecule has 0 saturated carbocycles. The summed E-state index contributed by atoms with van der Waals surface area (Å²) in [6.07, 6.45) is 2.11. The van der Waals surface area contributed by atoms with Crippen LogP contribution in [0.1, 0.15) is 22.5 Å². The molecule has 0 saturated heterocycles. The first kappa shape index (κ1) is 17.0. The maximum atomic E-state index is 8.68. The van der Waals surface area contributed by atoms with Gasteiger partial charge in [0.05, 0.1) is 0 Å².